The van der Waals surface area contributed by atoms with Gasteiger partial charge in [-0.1, -0.05) is 48.6 Å². The largest absolute Gasteiger partial charge is 0.364 e. The van der Waals surface area contributed by atoms with Gasteiger partial charge in [-0.25, -0.2) is 0 Å². The lowest BCUT2D eigenvalue weighted by Gasteiger charge is -2.20. The molecule has 2 N–H and O–H groups in total. The number of hydrogen-bond donors (Lipinski definition) is 2. The SMILES string of the molecule is CN=C(NCc1ccc(N2CC=CC2)cc1)NC(C)c1ccccc1C.I. The normalized spacial score (nSPS) is 14.6. The highest BCUT2D eigenvalue weighted by molar-refractivity contribution is 14.0. The summed E-state index contributed by atoms with van der Waals surface area (Å²) in [5.74, 6) is 0.813. The molecule has 2 aromatic rings. The van der Waals surface area contributed by atoms with Crippen LogP contribution < -0.4 is 15.5 Å². The number of aliphatic imine (C=N–C) groups is 1. The third kappa shape index (κ3) is 5.73. The van der Waals surface area contributed by atoms with Crippen LogP contribution in [0.2, 0.25) is 0 Å². The van der Waals surface area contributed by atoms with Gasteiger partial charge in [-0.2, -0.15) is 0 Å². The first-order valence-corrected chi connectivity index (χ1v) is 9.19. The third-order valence-corrected chi connectivity index (χ3v) is 4.81. The summed E-state index contributed by atoms with van der Waals surface area (Å²) in [5, 5.41) is 6.88. The number of rotatable bonds is 5. The van der Waals surface area contributed by atoms with Gasteiger partial charge in [-0.3, -0.25) is 4.99 Å². The Morgan fingerprint density at radius 1 is 1.07 bits per heavy atom. The lowest BCUT2D eigenvalue weighted by molar-refractivity contribution is 0.681. The second-order valence-corrected chi connectivity index (χ2v) is 6.69. The molecule has 0 bridgehead atoms. The van der Waals surface area contributed by atoms with E-state index in [2.05, 4.69) is 95.1 Å². The van der Waals surface area contributed by atoms with Crippen LogP contribution in [0.15, 0.2) is 65.7 Å². The van der Waals surface area contributed by atoms with E-state index in [-0.39, 0.29) is 30.0 Å². The minimum atomic E-state index is 0. The Kier molecular flexibility index (Phi) is 8.16. The Labute approximate surface area is 179 Å². The van der Waals surface area contributed by atoms with Crippen LogP contribution in [0.5, 0.6) is 0 Å². The Morgan fingerprint density at radius 3 is 2.37 bits per heavy atom. The third-order valence-electron chi connectivity index (χ3n) is 4.81. The average molecular weight is 476 g/mol. The monoisotopic (exact) mass is 476 g/mol. The van der Waals surface area contributed by atoms with E-state index in [1.165, 1.54) is 22.4 Å². The molecule has 0 spiro atoms. The lowest BCUT2D eigenvalue weighted by atomic mass is 10.0. The van der Waals surface area contributed by atoms with Gasteiger partial charge in [0.05, 0.1) is 6.04 Å². The highest BCUT2D eigenvalue weighted by Gasteiger charge is 2.10. The molecule has 0 saturated carbocycles. The van der Waals surface area contributed by atoms with Gasteiger partial charge in [0.15, 0.2) is 5.96 Å². The van der Waals surface area contributed by atoms with E-state index >= 15 is 0 Å². The molecule has 0 amide bonds. The quantitative estimate of drug-likeness (QED) is 0.291. The van der Waals surface area contributed by atoms with Crippen LogP contribution in [-0.2, 0) is 6.54 Å². The smallest absolute Gasteiger partial charge is 0.191 e. The molecule has 5 heteroatoms. The summed E-state index contributed by atoms with van der Waals surface area (Å²) >= 11 is 0. The number of benzene rings is 2. The molecule has 4 nitrogen and oxygen atoms in total. The number of nitrogens with one attached hydrogen (secondary N) is 2. The number of anilines is 1. The molecular formula is C22H29IN4. The highest BCUT2D eigenvalue weighted by Crippen LogP contribution is 2.18. The van der Waals surface area contributed by atoms with Crippen LogP contribution in [0.1, 0.15) is 29.7 Å². The predicted octanol–water partition coefficient (Wildman–Crippen LogP) is 4.42. The molecule has 0 aliphatic carbocycles. The molecule has 0 saturated heterocycles. The van der Waals surface area contributed by atoms with Crippen molar-refractivity contribution >= 4 is 35.6 Å². The molecule has 2 aromatic carbocycles. The van der Waals surface area contributed by atoms with Crippen LogP contribution in [-0.4, -0.2) is 26.1 Å². The molecule has 1 heterocycles. The lowest BCUT2D eigenvalue weighted by Crippen LogP contribution is -2.38. The van der Waals surface area contributed by atoms with Gasteiger partial charge in [0.2, 0.25) is 0 Å². The van der Waals surface area contributed by atoms with E-state index in [1.807, 2.05) is 7.05 Å². The first-order chi connectivity index (χ1) is 12.7. The minimum Gasteiger partial charge on any atom is -0.364 e. The number of hydrogen-bond acceptors (Lipinski definition) is 2. The van der Waals surface area contributed by atoms with Gasteiger partial charge < -0.3 is 15.5 Å². The minimum absolute atomic E-state index is 0. The van der Waals surface area contributed by atoms with E-state index in [0.29, 0.717) is 0 Å². The van der Waals surface area contributed by atoms with E-state index in [4.69, 9.17) is 0 Å². The van der Waals surface area contributed by atoms with Crippen molar-refractivity contribution in [2.75, 3.05) is 25.0 Å². The summed E-state index contributed by atoms with van der Waals surface area (Å²) in [6.07, 6.45) is 4.42. The Morgan fingerprint density at radius 2 is 1.74 bits per heavy atom. The number of nitrogens with zero attached hydrogens (tertiary/aromatic N) is 2. The fraction of sp³-hybridized carbons (Fsp3) is 0.318. The van der Waals surface area contributed by atoms with Crippen molar-refractivity contribution in [3.63, 3.8) is 0 Å². The van der Waals surface area contributed by atoms with Crippen molar-refractivity contribution in [2.24, 2.45) is 4.99 Å². The Balaban J connectivity index is 0.00000261. The summed E-state index contributed by atoms with van der Waals surface area (Å²) in [7, 11) is 1.81. The average Bonchev–Trinajstić information content (AvgIpc) is 3.20. The summed E-state index contributed by atoms with van der Waals surface area (Å²) in [4.78, 5) is 6.71. The number of halogens is 1. The first kappa shape index (κ1) is 21.3. The summed E-state index contributed by atoms with van der Waals surface area (Å²) in [6, 6.07) is 17.4. The van der Waals surface area contributed by atoms with Crippen LogP contribution >= 0.6 is 24.0 Å². The van der Waals surface area contributed by atoms with Crippen molar-refractivity contribution in [3.8, 4) is 0 Å². The Bertz CT molecular complexity index is 775. The van der Waals surface area contributed by atoms with Gasteiger partial charge in [-0.15, -0.1) is 24.0 Å². The van der Waals surface area contributed by atoms with Crippen molar-refractivity contribution < 1.29 is 0 Å². The second-order valence-electron chi connectivity index (χ2n) is 6.69. The topological polar surface area (TPSA) is 39.7 Å². The first-order valence-electron chi connectivity index (χ1n) is 9.19. The molecule has 1 atom stereocenters. The van der Waals surface area contributed by atoms with E-state index in [0.717, 1.165) is 25.6 Å². The maximum atomic E-state index is 4.36. The van der Waals surface area contributed by atoms with Crippen molar-refractivity contribution in [3.05, 3.63) is 77.4 Å². The predicted molar refractivity (Wildman–Crippen MR) is 126 cm³/mol. The van der Waals surface area contributed by atoms with Gasteiger partial charge >= 0.3 is 0 Å². The molecule has 1 aliphatic heterocycles. The molecule has 27 heavy (non-hydrogen) atoms. The fourth-order valence-electron chi connectivity index (χ4n) is 3.25. The highest BCUT2D eigenvalue weighted by atomic mass is 127. The van der Waals surface area contributed by atoms with E-state index in [1.54, 1.807) is 0 Å². The molecule has 0 fully saturated rings. The maximum absolute atomic E-state index is 4.36. The molecule has 1 aliphatic rings. The van der Waals surface area contributed by atoms with Crippen LogP contribution in [0.3, 0.4) is 0 Å². The van der Waals surface area contributed by atoms with Crippen LogP contribution in [0, 0.1) is 6.92 Å². The molecule has 144 valence electrons. The van der Waals surface area contributed by atoms with Crippen LogP contribution in [0.4, 0.5) is 5.69 Å². The molecule has 0 aromatic heterocycles. The zero-order valence-corrected chi connectivity index (χ0v) is 18.6. The van der Waals surface area contributed by atoms with E-state index in [9.17, 15) is 0 Å². The number of aryl methyl sites for hydroxylation is 1. The standard InChI is InChI=1S/C22H28N4.HI/c1-17-8-4-5-9-21(17)18(2)25-22(23-3)24-16-19-10-12-20(13-11-19)26-14-6-7-15-26;/h4-13,18H,14-16H2,1-3H3,(H2,23,24,25);1H. The Hall–Kier alpha value is -2.02. The summed E-state index contributed by atoms with van der Waals surface area (Å²) in [6.45, 7) is 7.06. The molecule has 1 unspecified atom stereocenters. The van der Waals surface area contributed by atoms with Crippen LogP contribution in [0.25, 0.3) is 0 Å². The maximum Gasteiger partial charge on any atom is 0.191 e. The van der Waals surface area contributed by atoms with Gasteiger partial charge in [0.25, 0.3) is 0 Å². The zero-order chi connectivity index (χ0) is 18.4. The summed E-state index contributed by atoms with van der Waals surface area (Å²) in [5.41, 5.74) is 5.09. The summed E-state index contributed by atoms with van der Waals surface area (Å²) < 4.78 is 0. The molecule has 3 rings (SSSR count). The second kappa shape index (κ2) is 10.3. The van der Waals surface area contributed by atoms with Gasteiger partial charge in [-0.05, 0) is 42.7 Å². The fourth-order valence-corrected chi connectivity index (χ4v) is 3.25. The van der Waals surface area contributed by atoms with Crippen molar-refractivity contribution in [1.82, 2.24) is 10.6 Å². The zero-order valence-electron chi connectivity index (χ0n) is 16.3. The number of guanidine groups is 1. The van der Waals surface area contributed by atoms with Gasteiger partial charge in [0, 0.05) is 32.4 Å². The van der Waals surface area contributed by atoms with Crippen molar-refractivity contribution in [2.45, 2.75) is 26.4 Å². The van der Waals surface area contributed by atoms with Crippen molar-refractivity contribution in [1.29, 1.82) is 0 Å². The van der Waals surface area contributed by atoms with Gasteiger partial charge in [0.1, 0.15) is 0 Å². The molecular weight excluding hydrogens is 447 g/mol. The van der Waals surface area contributed by atoms with E-state index < -0.39 is 0 Å². The molecule has 0 radical (unpaired) electrons.